The third kappa shape index (κ3) is 15.1. The summed E-state index contributed by atoms with van der Waals surface area (Å²) in [6.45, 7) is -4.50. The molecular weight excluding hydrogens is 1060 g/mol. The topological polar surface area (TPSA) is 462 Å². The third-order valence-electron chi connectivity index (χ3n) is 11.5. The molecule has 9 N–H and O–H groups in total. The number of ether oxygens (including phenoxy) is 6. The van der Waals surface area contributed by atoms with E-state index >= 15 is 0 Å². The fourth-order valence-corrected chi connectivity index (χ4v) is 9.74. The van der Waals surface area contributed by atoms with Crippen molar-refractivity contribution < 1.29 is 90.0 Å². The van der Waals surface area contributed by atoms with Gasteiger partial charge in [0.25, 0.3) is 24.5 Å². The first kappa shape index (κ1) is 58.6. The molecule has 34 nitrogen and oxygen atoms in total. The summed E-state index contributed by atoms with van der Waals surface area (Å²) in [5.74, 6) is -1.55. The van der Waals surface area contributed by atoms with Crippen molar-refractivity contribution in [1.82, 2.24) is 44.6 Å². The van der Waals surface area contributed by atoms with Crippen LogP contribution in [0.25, 0.3) is 0 Å². The number of aliphatic hydroxyl groups excluding tert-OH is 2. The molecule has 6 heterocycles. The zero-order chi connectivity index (χ0) is 54.8. The van der Waals surface area contributed by atoms with Crippen LogP contribution in [0.3, 0.4) is 0 Å². The number of carbonyl (C=O) groups is 3. The summed E-state index contributed by atoms with van der Waals surface area (Å²) in [7, 11) is -7.38. The lowest BCUT2D eigenvalue weighted by Crippen LogP contribution is -2.42. The van der Waals surface area contributed by atoms with Crippen LogP contribution in [0.1, 0.15) is 37.9 Å². The molecule has 14 atom stereocenters. The molecule has 3 aliphatic heterocycles. The fourth-order valence-electron chi connectivity index (χ4n) is 7.83. The fraction of sp³-hybridized carbons (Fsp3) is 0.615. The number of hydrogen-bond acceptors (Lipinski definition) is 24. The first-order valence-electron chi connectivity index (χ1n) is 22.5. The van der Waals surface area contributed by atoms with Crippen LogP contribution in [-0.4, -0.2) is 177 Å². The largest absolute Gasteiger partial charge is 0.756 e. The van der Waals surface area contributed by atoms with Gasteiger partial charge in [0, 0.05) is 77.2 Å². The summed E-state index contributed by atoms with van der Waals surface area (Å²) >= 11 is 0. The minimum Gasteiger partial charge on any atom is -0.756 e. The molecule has 0 aliphatic carbocycles. The van der Waals surface area contributed by atoms with Gasteiger partial charge in [-0.2, -0.15) is 0 Å². The highest BCUT2D eigenvalue weighted by molar-refractivity contribution is 7.47. The number of carbonyl (C=O) groups excluding carboxylic acids is 3. The molecule has 3 saturated heterocycles. The van der Waals surface area contributed by atoms with Gasteiger partial charge >= 0.3 is 24.9 Å². The maximum Gasteiger partial charge on any atom is 0.472 e. The number of amides is 3. The molecule has 3 aromatic heterocycles. The Morgan fingerprint density at radius 3 is 1.39 bits per heavy atom. The number of rotatable bonds is 26. The number of H-pyrrole nitrogens is 3. The lowest BCUT2D eigenvalue weighted by atomic mass is 10.1. The number of aliphatic hydroxyl groups is 2. The number of phosphoric acid groups is 2. The Morgan fingerprint density at radius 2 is 0.973 bits per heavy atom. The average molecular weight is 1110 g/mol. The van der Waals surface area contributed by atoms with Crippen LogP contribution >= 0.6 is 15.6 Å². The quantitative estimate of drug-likeness (QED) is 0.0338. The first-order valence-corrected chi connectivity index (χ1v) is 25.5. The van der Waals surface area contributed by atoms with E-state index in [4.69, 9.17) is 46.5 Å². The van der Waals surface area contributed by atoms with E-state index in [2.05, 4.69) is 16.0 Å². The monoisotopic (exact) mass is 1110 g/mol. The summed E-state index contributed by atoms with van der Waals surface area (Å²) in [5.41, 5.74) is -5.67. The maximum absolute atomic E-state index is 13.9. The molecule has 0 bridgehead atoms. The minimum atomic E-state index is -5.82. The molecular formula is C39H54N9O25P2-. The van der Waals surface area contributed by atoms with Gasteiger partial charge in [-0.05, 0) is 0 Å². The van der Waals surface area contributed by atoms with Gasteiger partial charge in [0.05, 0.1) is 39.6 Å². The van der Waals surface area contributed by atoms with Crippen molar-refractivity contribution in [3.05, 3.63) is 99.3 Å². The van der Waals surface area contributed by atoms with Gasteiger partial charge in [-0.3, -0.25) is 71.0 Å². The predicted molar refractivity (Wildman–Crippen MR) is 243 cm³/mol. The Hall–Kier alpha value is -5.65. The van der Waals surface area contributed by atoms with Crippen molar-refractivity contribution in [2.75, 3.05) is 60.8 Å². The first-order chi connectivity index (χ1) is 35.6. The summed E-state index contributed by atoms with van der Waals surface area (Å²) in [4.78, 5) is 142. The molecule has 3 aliphatic rings. The second kappa shape index (κ2) is 25.9. The van der Waals surface area contributed by atoms with Crippen molar-refractivity contribution in [2.24, 2.45) is 0 Å². The van der Waals surface area contributed by atoms with E-state index in [-0.39, 0.29) is 25.9 Å². The van der Waals surface area contributed by atoms with Gasteiger partial charge in [-0.1, -0.05) is 0 Å². The van der Waals surface area contributed by atoms with Crippen LogP contribution in [0, 0.1) is 0 Å². The van der Waals surface area contributed by atoms with Crippen LogP contribution in [0.4, 0.5) is 0 Å². The van der Waals surface area contributed by atoms with Gasteiger partial charge < -0.3 is 73.4 Å². The van der Waals surface area contributed by atoms with E-state index in [1.165, 1.54) is 21.1 Å². The van der Waals surface area contributed by atoms with Crippen molar-refractivity contribution in [1.29, 1.82) is 0 Å². The number of aromatic amines is 3. The van der Waals surface area contributed by atoms with Crippen LogP contribution in [0.5, 0.6) is 0 Å². The Labute approximate surface area is 420 Å². The van der Waals surface area contributed by atoms with E-state index in [0.717, 1.165) is 50.5 Å². The van der Waals surface area contributed by atoms with Crippen LogP contribution in [-0.2, 0) is 70.0 Å². The molecule has 416 valence electrons. The van der Waals surface area contributed by atoms with Gasteiger partial charge in [-0.15, -0.1) is 0 Å². The summed E-state index contributed by atoms with van der Waals surface area (Å²) in [6.07, 6.45) is -18.6. The predicted octanol–water partition coefficient (Wildman–Crippen LogP) is -6.38. The number of nitrogens with zero attached hydrogens (tertiary/aromatic N) is 3. The Balaban J connectivity index is 1.28. The molecule has 0 saturated carbocycles. The van der Waals surface area contributed by atoms with Crippen LogP contribution in [0.2, 0.25) is 0 Å². The third-order valence-corrected chi connectivity index (χ3v) is 13.5. The minimum absolute atomic E-state index is 0.225. The van der Waals surface area contributed by atoms with Gasteiger partial charge in [0.2, 0.25) is 17.7 Å². The SMILES string of the molecule is CNC(=O)CCOC1[C@@H](O)[C@@H](COP(=O)([O-])O[C@@H]2C(OCCC(=O)NC)[C@H](n3ccc(=O)[nH]c3=O)O[C@@H]2COP(=O)(O)O[C@@H]2C(OCCC(=O)NC)[C@H](n3ccc(=O)[nH]c3=O)O[C@@H]2CO)O[C@H]1n1ccc(=O)[nH]c1=O. The van der Waals surface area contributed by atoms with Crippen molar-refractivity contribution in [2.45, 2.75) is 92.9 Å². The molecule has 3 amide bonds. The van der Waals surface area contributed by atoms with E-state index < -0.39 is 174 Å². The maximum atomic E-state index is 13.9. The van der Waals surface area contributed by atoms with E-state index in [1.807, 2.05) is 15.0 Å². The number of nitrogens with one attached hydrogen (secondary N) is 6. The van der Waals surface area contributed by atoms with Gasteiger partial charge in [0.1, 0.15) is 54.9 Å². The highest BCUT2D eigenvalue weighted by Gasteiger charge is 2.53. The molecule has 0 spiro atoms. The second-order valence-electron chi connectivity index (χ2n) is 16.3. The Bertz CT molecular complexity index is 2940. The van der Waals surface area contributed by atoms with Gasteiger partial charge in [0.15, 0.2) is 18.7 Å². The standard InChI is InChI=1S/C39H55N9O25P2/c1-40-22(50)7-13-64-31-28(56)20(70-34(31)46-10-4-25(53)43-37(46)57)17-67-74(60,61)73-30-21(71-36(33(30)66-15-9-24(52)42-3)48-12-6-27(55)45-39(48)59)18-68-75(62,63)72-29-19(16-49)69-35(32(29)65-14-8-23(51)41-2)47-11-5-26(54)44-38(47)58/h4-6,10-12,19-21,28-36,49,56H,7-9,13-18H2,1-3H3,(H,40,50)(H,41,51)(H,42,52)(H,60,61)(H,62,63)(H,43,53,57)(H,44,54,58)(H,45,55,59)/p-1/t19-,20-,21-,28+,29+,30+,31?,32?,33?,34-,35-,36-/m1/s1. The number of aromatic nitrogens is 6. The summed E-state index contributed by atoms with van der Waals surface area (Å²) in [6, 6.07) is 2.77. The highest BCUT2D eigenvalue weighted by atomic mass is 31.2. The van der Waals surface area contributed by atoms with Crippen molar-refractivity contribution in [3.8, 4) is 0 Å². The second-order valence-corrected chi connectivity index (χ2v) is 19.1. The Kier molecular flexibility index (Phi) is 20.3. The number of phosphoric ester groups is 2. The van der Waals surface area contributed by atoms with Crippen molar-refractivity contribution in [3.63, 3.8) is 0 Å². The van der Waals surface area contributed by atoms with E-state index in [9.17, 15) is 72.3 Å². The summed E-state index contributed by atoms with van der Waals surface area (Å²) < 4.78 is 86.5. The van der Waals surface area contributed by atoms with E-state index in [1.54, 1.807) is 0 Å². The molecule has 3 fully saturated rings. The molecule has 0 radical (unpaired) electrons. The van der Waals surface area contributed by atoms with E-state index in [0.29, 0.717) is 0 Å². The number of hydrogen-bond donors (Lipinski definition) is 9. The molecule has 5 unspecified atom stereocenters. The smallest absolute Gasteiger partial charge is 0.472 e. The zero-order valence-corrected chi connectivity index (χ0v) is 41.6. The zero-order valence-electron chi connectivity index (χ0n) is 39.8. The summed E-state index contributed by atoms with van der Waals surface area (Å²) in [5, 5.41) is 28.7. The van der Waals surface area contributed by atoms with Gasteiger partial charge in [-0.25, -0.2) is 18.9 Å². The molecule has 0 aromatic carbocycles. The lowest BCUT2D eigenvalue weighted by Gasteiger charge is -2.32. The Morgan fingerprint density at radius 1 is 0.600 bits per heavy atom. The molecule has 36 heteroatoms. The van der Waals surface area contributed by atoms with Crippen LogP contribution in [0.15, 0.2) is 65.6 Å². The van der Waals surface area contributed by atoms with Crippen molar-refractivity contribution >= 4 is 33.4 Å². The molecule has 75 heavy (non-hydrogen) atoms. The average Bonchev–Trinajstić information content (AvgIpc) is 3.98. The highest BCUT2D eigenvalue weighted by Crippen LogP contribution is 2.51. The normalized spacial score (nSPS) is 28.1. The molecule has 6 rings (SSSR count). The lowest BCUT2D eigenvalue weighted by molar-refractivity contribution is -0.237. The van der Waals surface area contributed by atoms with Crippen LogP contribution < -0.4 is 54.6 Å². The molecule has 3 aromatic rings.